The molecule has 2 atom stereocenters. The van der Waals surface area contributed by atoms with Crippen LogP contribution in [-0.2, 0) is 11.3 Å². The molecular weight excluding hydrogens is 334 g/mol. The van der Waals surface area contributed by atoms with Gasteiger partial charge in [-0.15, -0.1) is 11.3 Å². The number of halogens is 1. The molecule has 2 aliphatic carbocycles. The smallest absolute Gasteiger partial charge is 0.0661 e. The van der Waals surface area contributed by atoms with E-state index in [0.29, 0.717) is 17.6 Å². The summed E-state index contributed by atoms with van der Waals surface area (Å²) in [5.41, 5.74) is 0.429. The van der Waals surface area contributed by atoms with Crippen molar-refractivity contribution in [2.24, 2.45) is 5.41 Å². The first kappa shape index (κ1) is 15.0. The fourth-order valence-electron chi connectivity index (χ4n) is 4.02. The summed E-state index contributed by atoms with van der Waals surface area (Å²) in [6, 6.07) is 2.79. The van der Waals surface area contributed by atoms with Crippen molar-refractivity contribution in [2.75, 3.05) is 6.61 Å². The highest BCUT2D eigenvalue weighted by Gasteiger charge is 2.55. The van der Waals surface area contributed by atoms with Crippen LogP contribution in [0.2, 0.25) is 0 Å². The van der Waals surface area contributed by atoms with E-state index in [2.05, 4.69) is 39.6 Å². The van der Waals surface area contributed by atoms with Crippen molar-refractivity contribution in [3.05, 3.63) is 20.8 Å². The van der Waals surface area contributed by atoms with Crippen molar-refractivity contribution in [1.82, 2.24) is 5.32 Å². The van der Waals surface area contributed by atoms with E-state index in [4.69, 9.17) is 4.74 Å². The molecule has 1 aromatic heterocycles. The van der Waals surface area contributed by atoms with Crippen LogP contribution in [0.5, 0.6) is 0 Å². The molecule has 3 rings (SSSR count). The number of ether oxygens (including phenoxy) is 1. The molecule has 1 spiro atoms. The fourth-order valence-corrected chi connectivity index (χ4v) is 5.46. The Hall–Kier alpha value is 0.100. The van der Waals surface area contributed by atoms with Crippen LogP contribution in [-0.4, -0.2) is 18.8 Å². The molecule has 0 radical (unpaired) electrons. The molecule has 20 heavy (non-hydrogen) atoms. The molecule has 4 heteroatoms. The standard InChI is InChI=1S/C16H24BrNOS/c1-2-19-15-10-14(16(15)7-4-3-5-8-16)18-11-13-12(17)6-9-20-13/h6,9,14-15,18H,2-5,7-8,10-11H2,1H3. The lowest BCUT2D eigenvalue weighted by Gasteiger charge is -2.58. The topological polar surface area (TPSA) is 21.3 Å². The van der Waals surface area contributed by atoms with Gasteiger partial charge in [0.25, 0.3) is 0 Å². The molecule has 0 aliphatic heterocycles. The molecule has 2 aliphatic rings. The summed E-state index contributed by atoms with van der Waals surface area (Å²) in [4.78, 5) is 1.41. The highest BCUT2D eigenvalue weighted by atomic mass is 79.9. The number of hydrogen-bond donors (Lipinski definition) is 1. The van der Waals surface area contributed by atoms with E-state index in [1.54, 1.807) is 0 Å². The van der Waals surface area contributed by atoms with Gasteiger partial charge in [-0.1, -0.05) is 19.3 Å². The quantitative estimate of drug-likeness (QED) is 0.822. The van der Waals surface area contributed by atoms with Crippen LogP contribution in [0.3, 0.4) is 0 Å². The predicted molar refractivity (Wildman–Crippen MR) is 88.2 cm³/mol. The van der Waals surface area contributed by atoms with Gasteiger partial charge in [-0.2, -0.15) is 0 Å². The Balaban J connectivity index is 1.62. The Morgan fingerprint density at radius 3 is 2.85 bits per heavy atom. The second-order valence-corrected chi connectivity index (χ2v) is 7.95. The monoisotopic (exact) mass is 357 g/mol. The van der Waals surface area contributed by atoms with E-state index >= 15 is 0 Å². The largest absolute Gasteiger partial charge is 0.378 e. The fraction of sp³-hybridized carbons (Fsp3) is 0.750. The normalized spacial score (nSPS) is 28.5. The minimum Gasteiger partial charge on any atom is -0.378 e. The molecule has 1 aromatic rings. The van der Waals surface area contributed by atoms with E-state index in [1.807, 2.05) is 11.3 Å². The lowest BCUT2D eigenvalue weighted by atomic mass is 9.55. The summed E-state index contributed by atoms with van der Waals surface area (Å²) < 4.78 is 7.26. The molecule has 2 fully saturated rings. The number of hydrogen-bond acceptors (Lipinski definition) is 3. The molecule has 2 saturated carbocycles. The van der Waals surface area contributed by atoms with Gasteiger partial charge in [-0.3, -0.25) is 0 Å². The Bertz CT molecular complexity index is 441. The highest BCUT2D eigenvalue weighted by molar-refractivity contribution is 9.10. The molecule has 0 bridgehead atoms. The minimum absolute atomic E-state index is 0.429. The van der Waals surface area contributed by atoms with Gasteiger partial charge in [0, 0.05) is 34.0 Å². The Morgan fingerprint density at radius 1 is 1.40 bits per heavy atom. The summed E-state index contributed by atoms with van der Waals surface area (Å²) in [6.45, 7) is 3.97. The second-order valence-electron chi connectivity index (χ2n) is 6.10. The Morgan fingerprint density at radius 2 is 2.20 bits per heavy atom. The number of thiophene rings is 1. The zero-order valence-corrected chi connectivity index (χ0v) is 14.6. The average molecular weight is 358 g/mol. The third-order valence-electron chi connectivity index (χ3n) is 5.14. The third kappa shape index (κ3) is 2.72. The molecule has 0 amide bonds. The van der Waals surface area contributed by atoms with Gasteiger partial charge < -0.3 is 10.1 Å². The Labute approximate surface area is 134 Å². The first-order chi connectivity index (χ1) is 9.76. The van der Waals surface area contributed by atoms with Crippen LogP contribution in [0.25, 0.3) is 0 Å². The molecule has 0 saturated heterocycles. The van der Waals surface area contributed by atoms with Gasteiger partial charge in [0.15, 0.2) is 0 Å². The van der Waals surface area contributed by atoms with Crippen LogP contribution < -0.4 is 5.32 Å². The van der Waals surface area contributed by atoms with Gasteiger partial charge in [0.05, 0.1) is 6.10 Å². The summed E-state index contributed by atoms with van der Waals surface area (Å²) >= 11 is 5.46. The summed E-state index contributed by atoms with van der Waals surface area (Å²) in [6.07, 6.45) is 8.55. The lowest BCUT2D eigenvalue weighted by Crippen LogP contribution is -2.64. The molecule has 112 valence electrons. The number of rotatable bonds is 5. The van der Waals surface area contributed by atoms with Gasteiger partial charge in [0.1, 0.15) is 0 Å². The van der Waals surface area contributed by atoms with Crippen LogP contribution in [0.15, 0.2) is 15.9 Å². The zero-order valence-electron chi connectivity index (χ0n) is 12.2. The number of nitrogens with one attached hydrogen (secondary N) is 1. The second kappa shape index (κ2) is 6.47. The maximum absolute atomic E-state index is 6.02. The van der Waals surface area contributed by atoms with Crippen LogP contribution in [0.1, 0.15) is 50.3 Å². The van der Waals surface area contributed by atoms with Gasteiger partial charge in [-0.25, -0.2) is 0 Å². The van der Waals surface area contributed by atoms with Crippen molar-refractivity contribution in [3.8, 4) is 0 Å². The summed E-state index contributed by atoms with van der Waals surface area (Å²) in [5.74, 6) is 0. The van der Waals surface area contributed by atoms with E-state index in [0.717, 1.165) is 13.2 Å². The molecule has 1 heterocycles. The summed E-state index contributed by atoms with van der Waals surface area (Å²) in [5, 5.41) is 5.97. The van der Waals surface area contributed by atoms with Gasteiger partial charge >= 0.3 is 0 Å². The third-order valence-corrected chi connectivity index (χ3v) is 7.06. The first-order valence-electron chi connectivity index (χ1n) is 7.83. The van der Waals surface area contributed by atoms with Crippen LogP contribution in [0, 0.1) is 5.41 Å². The Kier molecular flexibility index (Phi) is 4.86. The molecule has 0 aromatic carbocycles. The maximum atomic E-state index is 6.02. The van der Waals surface area contributed by atoms with Gasteiger partial charge in [-0.05, 0) is 53.6 Å². The SMILES string of the molecule is CCOC1CC(NCc2sccc2Br)C12CCCCC2. The van der Waals surface area contributed by atoms with Gasteiger partial charge in [0.2, 0.25) is 0 Å². The van der Waals surface area contributed by atoms with Crippen molar-refractivity contribution < 1.29 is 4.74 Å². The van der Waals surface area contributed by atoms with Crippen molar-refractivity contribution in [3.63, 3.8) is 0 Å². The van der Waals surface area contributed by atoms with Crippen molar-refractivity contribution in [2.45, 2.75) is 64.1 Å². The van der Waals surface area contributed by atoms with Crippen LogP contribution in [0.4, 0.5) is 0 Å². The first-order valence-corrected chi connectivity index (χ1v) is 9.50. The molecule has 1 N–H and O–H groups in total. The van der Waals surface area contributed by atoms with E-state index in [9.17, 15) is 0 Å². The van der Waals surface area contributed by atoms with Crippen molar-refractivity contribution in [1.29, 1.82) is 0 Å². The molecular formula is C16H24BrNOS. The summed E-state index contributed by atoms with van der Waals surface area (Å²) in [7, 11) is 0. The van der Waals surface area contributed by atoms with E-state index < -0.39 is 0 Å². The van der Waals surface area contributed by atoms with Crippen LogP contribution >= 0.6 is 27.3 Å². The average Bonchev–Trinajstić information content (AvgIpc) is 2.88. The zero-order chi connectivity index (χ0) is 14.0. The van der Waals surface area contributed by atoms with Crippen molar-refractivity contribution >= 4 is 27.3 Å². The van der Waals surface area contributed by atoms with E-state index in [1.165, 1.54) is 47.9 Å². The maximum Gasteiger partial charge on any atom is 0.0661 e. The highest BCUT2D eigenvalue weighted by Crippen LogP contribution is 2.53. The molecule has 2 nitrogen and oxygen atoms in total. The molecule has 2 unspecified atom stereocenters. The minimum atomic E-state index is 0.429. The van der Waals surface area contributed by atoms with E-state index in [-0.39, 0.29) is 0 Å². The lowest BCUT2D eigenvalue weighted by molar-refractivity contribution is -0.150. The predicted octanol–water partition coefficient (Wildman–Crippen LogP) is 4.73.